The molecule has 5 heteroatoms. The topological polar surface area (TPSA) is 63.4 Å². The van der Waals surface area contributed by atoms with E-state index in [1.165, 1.54) is 6.07 Å². The molecule has 2 N–H and O–H groups in total. The van der Waals surface area contributed by atoms with Gasteiger partial charge in [-0.05, 0) is 25.0 Å². The second kappa shape index (κ2) is 7.00. The number of hydrogen-bond acceptors (Lipinski definition) is 3. The molecule has 0 radical (unpaired) electrons. The van der Waals surface area contributed by atoms with E-state index >= 15 is 0 Å². The molecule has 0 saturated carbocycles. The zero-order chi connectivity index (χ0) is 15.2. The number of nitrogens with zero attached hydrogens (tertiary/aromatic N) is 1. The van der Waals surface area contributed by atoms with Crippen LogP contribution in [0.1, 0.15) is 36.8 Å². The molecular formula is C16H17FN2O2. The van der Waals surface area contributed by atoms with Crippen molar-refractivity contribution < 1.29 is 14.0 Å². The molecule has 110 valence electrons. The van der Waals surface area contributed by atoms with Gasteiger partial charge >= 0.3 is 0 Å². The predicted molar refractivity (Wildman–Crippen MR) is 76.4 cm³/mol. The highest BCUT2D eigenvalue weighted by molar-refractivity contribution is 5.95. The second-order valence-corrected chi connectivity index (χ2v) is 4.89. The Morgan fingerprint density at radius 2 is 1.86 bits per heavy atom. The van der Waals surface area contributed by atoms with Crippen LogP contribution in [-0.2, 0) is 16.1 Å². The lowest BCUT2D eigenvalue weighted by atomic mass is 10.1. The number of rotatable bonds is 2. The molecule has 0 atom stereocenters. The molecule has 0 aromatic heterocycles. The van der Waals surface area contributed by atoms with E-state index in [0.717, 1.165) is 4.90 Å². The van der Waals surface area contributed by atoms with Crippen LogP contribution in [-0.4, -0.2) is 23.3 Å². The lowest BCUT2D eigenvalue weighted by Crippen LogP contribution is -2.34. The molecule has 0 aliphatic carbocycles. The van der Waals surface area contributed by atoms with Crippen LogP contribution in [0.25, 0.3) is 0 Å². The van der Waals surface area contributed by atoms with E-state index in [1.54, 1.807) is 12.1 Å². The zero-order valence-electron chi connectivity index (χ0n) is 11.7. The van der Waals surface area contributed by atoms with Gasteiger partial charge in [-0.1, -0.05) is 17.9 Å². The van der Waals surface area contributed by atoms with E-state index in [2.05, 4.69) is 11.8 Å². The molecule has 1 heterocycles. The van der Waals surface area contributed by atoms with Crippen LogP contribution in [0, 0.1) is 17.7 Å². The normalized spacial score (nSPS) is 15.4. The summed E-state index contributed by atoms with van der Waals surface area (Å²) in [6, 6.07) is 4.51. The van der Waals surface area contributed by atoms with Gasteiger partial charge in [0.05, 0.1) is 13.1 Å². The summed E-state index contributed by atoms with van der Waals surface area (Å²) in [5, 5.41) is 0. The Morgan fingerprint density at radius 3 is 2.43 bits per heavy atom. The Kier molecular flexibility index (Phi) is 5.07. The van der Waals surface area contributed by atoms with E-state index in [9.17, 15) is 14.0 Å². The van der Waals surface area contributed by atoms with Crippen LogP contribution >= 0.6 is 0 Å². The molecule has 21 heavy (non-hydrogen) atoms. The number of hydrogen-bond donors (Lipinski definition) is 1. The number of carbonyl (C=O) groups excluding carboxylic acids is 2. The average molecular weight is 288 g/mol. The molecule has 1 aliphatic heterocycles. The summed E-state index contributed by atoms with van der Waals surface area (Å²) in [6.45, 7) is 0.189. The molecule has 4 nitrogen and oxygen atoms in total. The highest BCUT2D eigenvalue weighted by atomic mass is 19.1. The van der Waals surface area contributed by atoms with E-state index in [0.29, 0.717) is 36.8 Å². The number of carbonyl (C=O) groups is 2. The lowest BCUT2D eigenvalue weighted by molar-refractivity contribution is -0.144. The molecule has 1 aliphatic rings. The minimum Gasteiger partial charge on any atom is -0.320 e. The monoisotopic (exact) mass is 288 g/mol. The fourth-order valence-corrected chi connectivity index (χ4v) is 2.21. The van der Waals surface area contributed by atoms with Gasteiger partial charge in [-0.25, -0.2) is 4.39 Å². The largest absolute Gasteiger partial charge is 0.320 e. The van der Waals surface area contributed by atoms with Crippen molar-refractivity contribution in [1.82, 2.24) is 4.90 Å². The number of likely N-dealkylation sites (tertiary alicyclic amines) is 1. The minimum absolute atomic E-state index is 0.0197. The van der Waals surface area contributed by atoms with Gasteiger partial charge in [-0.15, -0.1) is 0 Å². The third-order valence-electron chi connectivity index (χ3n) is 3.35. The first kappa shape index (κ1) is 15.2. The van der Waals surface area contributed by atoms with Crippen LogP contribution in [0.5, 0.6) is 0 Å². The minimum atomic E-state index is -0.469. The van der Waals surface area contributed by atoms with Crippen LogP contribution in [0.3, 0.4) is 0 Å². The van der Waals surface area contributed by atoms with Crippen molar-refractivity contribution in [3.05, 3.63) is 35.1 Å². The zero-order valence-corrected chi connectivity index (χ0v) is 11.7. The van der Waals surface area contributed by atoms with E-state index in [-0.39, 0.29) is 24.9 Å². The lowest BCUT2D eigenvalue weighted by Gasteiger charge is -2.19. The van der Waals surface area contributed by atoms with Gasteiger partial charge in [0.2, 0.25) is 11.8 Å². The maximum atomic E-state index is 14.0. The standard InChI is InChI=1S/C16H17FN2O2/c17-14-10-12(4-3-9-18)7-8-13(14)11-19-15(20)5-1-2-6-16(19)21/h7-8,10H,1-2,5-6,9,11,18H2. The fourth-order valence-electron chi connectivity index (χ4n) is 2.21. The van der Waals surface area contributed by atoms with Crippen molar-refractivity contribution in [2.75, 3.05) is 6.54 Å². The van der Waals surface area contributed by atoms with Crippen molar-refractivity contribution >= 4 is 11.8 Å². The summed E-state index contributed by atoms with van der Waals surface area (Å²) in [7, 11) is 0. The number of amides is 2. The van der Waals surface area contributed by atoms with Crippen LogP contribution in [0.15, 0.2) is 18.2 Å². The SMILES string of the molecule is NCC#Cc1ccc(CN2C(=O)CCCCC2=O)c(F)c1. The molecule has 0 spiro atoms. The molecule has 1 aromatic carbocycles. The van der Waals surface area contributed by atoms with Gasteiger partial charge in [0.15, 0.2) is 0 Å². The first-order valence-electron chi connectivity index (χ1n) is 6.92. The second-order valence-electron chi connectivity index (χ2n) is 4.89. The number of benzene rings is 1. The Labute approximate surface area is 123 Å². The molecule has 2 rings (SSSR count). The Hall–Kier alpha value is -2.19. The smallest absolute Gasteiger partial charge is 0.229 e. The van der Waals surface area contributed by atoms with Gasteiger partial charge in [0, 0.05) is 24.0 Å². The van der Waals surface area contributed by atoms with Crippen LogP contribution < -0.4 is 5.73 Å². The molecule has 2 amide bonds. The molecular weight excluding hydrogens is 271 g/mol. The molecule has 1 fully saturated rings. The average Bonchev–Trinajstić information content (AvgIpc) is 2.62. The molecule has 0 bridgehead atoms. The summed E-state index contributed by atoms with van der Waals surface area (Å²) in [6.07, 6.45) is 2.09. The van der Waals surface area contributed by atoms with Crippen molar-refractivity contribution in [2.24, 2.45) is 5.73 Å². The summed E-state index contributed by atoms with van der Waals surface area (Å²) < 4.78 is 14.0. The van der Waals surface area contributed by atoms with Gasteiger partial charge < -0.3 is 5.73 Å². The van der Waals surface area contributed by atoms with Crippen molar-refractivity contribution in [2.45, 2.75) is 32.2 Å². The van der Waals surface area contributed by atoms with Gasteiger partial charge in [-0.3, -0.25) is 14.5 Å². The Bertz CT molecular complexity index is 598. The maximum absolute atomic E-state index is 14.0. The molecule has 0 unspecified atom stereocenters. The van der Waals surface area contributed by atoms with E-state index < -0.39 is 5.82 Å². The summed E-state index contributed by atoms with van der Waals surface area (Å²) >= 11 is 0. The first-order chi connectivity index (χ1) is 10.1. The van der Waals surface area contributed by atoms with Gasteiger partial charge in [0.1, 0.15) is 5.82 Å². The first-order valence-corrected chi connectivity index (χ1v) is 6.92. The Morgan fingerprint density at radius 1 is 1.19 bits per heavy atom. The highest BCUT2D eigenvalue weighted by Gasteiger charge is 2.24. The number of imide groups is 1. The summed E-state index contributed by atoms with van der Waals surface area (Å²) in [4.78, 5) is 24.9. The number of nitrogens with two attached hydrogens (primary N) is 1. The van der Waals surface area contributed by atoms with Crippen molar-refractivity contribution in [1.29, 1.82) is 0 Å². The van der Waals surface area contributed by atoms with Crippen LogP contribution in [0.4, 0.5) is 4.39 Å². The molecule has 1 aromatic rings. The van der Waals surface area contributed by atoms with Gasteiger partial charge in [-0.2, -0.15) is 0 Å². The summed E-state index contributed by atoms with van der Waals surface area (Å²) in [5.74, 6) is 4.45. The molecule has 1 saturated heterocycles. The van der Waals surface area contributed by atoms with Crippen LogP contribution in [0.2, 0.25) is 0 Å². The maximum Gasteiger partial charge on any atom is 0.229 e. The Balaban J connectivity index is 2.18. The fraction of sp³-hybridized carbons (Fsp3) is 0.375. The predicted octanol–water partition coefficient (Wildman–Crippen LogP) is 1.57. The van der Waals surface area contributed by atoms with E-state index in [4.69, 9.17) is 5.73 Å². The number of halogens is 1. The third kappa shape index (κ3) is 3.89. The van der Waals surface area contributed by atoms with Crippen molar-refractivity contribution in [3.63, 3.8) is 0 Å². The van der Waals surface area contributed by atoms with Gasteiger partial charge in [0.25, 0.3) is 0 Å². The van der Waals surface area contributed by atoms with Crippen molar-refractivity contribution in [3.8, 4) is 11.8 Å². The van der Waals surface area contributed by atoms with E-state index in [1.807, 2.05) is 0 Å². The highest BCUT2D eigenvalue weighted by Crippen LogP contribution is 2.18. The quantitative estimate of drug-likeness (QED) is 0.663. The summed E-state index contributed by atoms with van der Waals surface area (Å²) in [5.41, 5.74) is 6.10. The third-order valence-corrected chi connectivity index (χ3v) is 3.35.